The zero-order valence-corrected chi connectivity index (χ0v) is 18.4. The van der Waals surface area contributed by atoms with Crippen LogP contribution in [0.3, 0.4) is 0 Å². The number of sulfonamides is 1. The van der Waals surface area contributed by atoms with Crippen molar-refractivity contribution in [3.63, 3.8) is 0 Å². The second-order valence-corrected chi connectivity index (χ2v) is 8.72. The summed E-state index contributed by atoms with van der Waals surface area (Å²) >= 11 is 3.30. The molecule has 30 heavy (non-hydrogen) atoms. The van der Waals surface area contributed by atoms with Gasteiger partial charge in [-0.15, -0.1) is 0 Å². The number of hydrogen-bond donors (Lipinski definition) is 2. The van der Waals surface area contributed by atoms with E-state index in [-0.39, 0.29) is 17.4 Å². The van der Waals surface area contributed by atoms with E-state index in [2.05, 4.69) is 26.0 Å². The number of halogens is 1. The molecule has 3 aromatic carbocycles. The average Bonchev–Trinajstić information content (AvgIpc) is 2.74. The number of benzene rings is 3. The second kappa shape index (κ2) is 9.64. The van der Waals surface area contributed by atoms with Gasteiger partial charge in [0, 0.05) is 10.2 Å². The molecular weight excluding hydrogens is 472 g/mol. The van der Waals surface area contributed by atoms with Gasteiger partial charge in [0.15, 0.2) is 6.61 Å². The van der Waals surface area contributed by atoms with Crippen LogP contribution in [0.4, 0.5) is 11.4 Å². The van der Waals surface area contributed by atoms with Crippen molar-refractivity contribution in [3.8, 4) is 11.5 Å². The van der Waals surface area contributed by atoms with E-state index in [9.17, 15) is 13.2 Å². The molecule has 0 heterocycles. The predicted molar refractivity (Wildman–Crippen MR) is 119 cm³/mol. The summed E-state index contributed by atoms with van der Waals surface area (Å²) < 4.78 is 38.9. The number of anilines is 2. The normalized spacial score (nSPS) is 10.9. The largest absolute Gasteiger partial charge is 0.495 e. The summed E-state index contributed by atoms with van der Waals surface area (Å²) in [6, 6.07) is 19.6. The fourth-order valence-electron chi connectivity index (χ4n) is 2.53. The average molecular weight is 491 g/mol. The molecule has 1 amide bonds. The number of ether oxygens (including phenoxy) is 2. The van der Waals surface area contributed by atoms with Gasteiger partial charge in [0.25, 0.3) is 15.9 Å². The molecule has 0 aliphatic heterocycles. The van der Waals surface area contributed by atoms with Crippen LogP contribution in [0.15, 0.2) is 82.2 Å². The van der Waals surface area contributed by atoms with Gasteiger partial charge in [0.1, 0.15) is 11.5 Å². The van der Waals surface area contributed by atoms with E-state index < -0.39 is 10.0 Å². The molecule has 3 aromatic rings. The fourth-order valence-corrected chi connectivity index (χ4v) is 3.85. The first-order valence-electron chi connectivity index (χ1n) is 8.81. The third-order valence-electron chi connectivity index (χ3n) is 3.98. The Kier molecular flexibility index (Phi) is 6.96. The van der Waals surface area contributed by atoms with E-state index >= 15 is 0 Å². The van der Waals surface area contributed by atoms with Crippen LogP contribution in [-0.2, 0) is 14.8 Å². The highest BCUT2D eigenvalue weighted by atomic mass is 79.9. The minimum absolute atomic E-state index is 0.0799. The van der Waals surface area contributed by atoms with Crippen molar-refractivity contribution in [2.75, 3.05) is 23.8 Å². The maximum Gasteiger partial charge on any atom is 0.262 e. The van der Waals surface area contributed by atoms with Crippen molar-refractivity contribution in [2.45, 2.75) is 4.90 Å². The summed E-state index contributed by atoms with van der Waals surface area (Å²) in [7, 11) is -2.22. The van der Waals surface area contributed by atoms with E-state index in [4.69, 9.17) is 9.47 Å². The molecule has 0 fully saturated rings. The summed E-state index contributed by atoms with van der Waals surface area (Å²) in [5.41, 5.74) is 0.987. The van der Waals surface area contributed by atoms with Crippen LogP contribution < -0.4 is 19.5 Å². The lowest BCUT2D eigenvalue weighted by Gasteiger charge is -2.11. The standard InChI is InChI=1S/C21H19BrN2O5S/c1-28-20-5-3-2-4-19(20)23-21(25)14-29-17-10-12-18(13-11-17)30(26,27)24-16-8-6-15(22)7-9-16/h2-13,24H,14H2,1H3,(H,23,25). The summed E-state index contributed by atoms with van der Waals surface area (Å²) in [5.74, 6) is 0.541. The highest BCUT2D eigenvalue weighted by Crippen LogP contribution is 2.23. The van der Waals surface area contributed by atoms with Gasteiger partial charge in [-0.25, -0.2) is 8.42 Å². The van der Waals surface area contributed by atoms with Crippen molar-refractivity contribution >= 4 is 43.2 Å². The van der Waals surface area contributed by atoms with E-state index in [0.29, 0.717) is 22.9 Å². The Morgan fingerprint density at radius 2 is 1.63 bits per heavy atom. The van der Waals surface area contributed by atoms with Crippen LogP contribution in [0.25, 0.3) is 0 Å². The molecule has 9 heteroatoms. The van der Waals surface area contributed by atoms with Crippen LogP contribution in [0.5, 0.6) is 11.5 Å². The van der Waals surface area contributed by atoms with Gasteiger partial charge >= 0.3 is 0 Å². The lowest BCUT2D eigenvalue weighted by atomic mass is 10.3. The van der Waals surface area contributed by atoms with Gasteiger partial charge < -0.3 is 14.8 Å². The molecular formula is C21H19BrN2O5S. The maximum atomic E-state index is 12.5. The van der Waals surface area contributed by atoms with Crippen molar-refractivity contribution in [1.82, 2.24) is 0 Å². The first-order chi connectivity index (χ1) is 14.4. The van der Waals surface area contributed by atoms with Crippen LogP contribution in [0, 0.1) is 0 Å². The molecule has 0 aromatic heterocycles. The van der Waals surface area contributed by atoms with Crippen LogP contribution in [-0.4, -0.2) is 28.0 Å². The Morgan fingerprint density at radius 3 is 2.30 bits per heavy atom. The SMILES string of the molecule is COc1ccccc1NC(=O)COc1ccc(S(=O)(=O)Nc2ccc(Br)cc2)cc1. The van der Waals surface area contributed by atoms with Crippen molar-refractivity contribution in [2.24, 2.45) is 0 Å². The molecule has 0 aliphatic rings. The zero-order chi connectivity index (χ0) is 21.6. The molecule has 0 unspecified atom stereocenters. The van der Waals surface area contributed by atoms with Gasteiger partial charge in [-0.3, -0.25) is 9.52 Å². The summed E-state index contributed by atoms with van der Waals surface area (Å²) in [5, 5.41) is 2.70. The van der Waals surface area contributed by atoms with E-state index in [1.807, 2.05) is 0 Å². The Hall–Kier alpha value is -3.04. The Bertz CT molecular complexity index is 1120. The second-order valence-electron chi connectivity index (χ2n) is 6.12. The maximum absolute atomic E-state index is 12.5. The molecule has 0 aliphatic carbocycles. The van der Waals surface area contributed by atoms with Crippen molar-refractivity contribution < 1.29 is 22.7 Å². The summed E-state index contributed by atoms with van der Waals surface area (Å²) in [6.07, 6.45) is 0. The molecule has 3 rings (SSSR count). The van der Waals surface area contributed by atoms with Crippen molar-refractivity contribution in [1.29, 1.82) is 0 Å². The lowest BCUT2D eigenvalue weighted by molar-refractivity contribution is -0.118. The molecule has 0 radical (unpaired) electrons. The topological polar surface area (TPSA) is 93.7 Å². The number of amides is 1. The highest BCUT2D eigenvalue weighted by molar-refractivity contribution is 9.10. The van der Waals surface area contributed by atoms with Gasteiger partial charge in [0.05, 0.1) is 17.7 Å². The Morgan fingerprint density at radius 1 is 0.967 bits per heavy atom. The Balaban J connectivity index is 1.58. The molecule has 2 N–H and O–H groups in total. The summed E-state index contributed by atoms with van der Waals surface area (Å²) in [4.78, 5) is 12.2. The van der Waals surface area contributed by atoms with Gasteiger partial charge in [0.2, 0.25) is 0 Å². The molecule has 7 nitrogen and oxygen atoms in total. The van der Waals surface area contributed by atoms with Crippen LogP contribution in [0.1, 0.15) is 0 Å². The number of hydrogen-bond acceptors (Lipinski definition) is 5. The zero-order valence-electron chi connectivity index (χ0n) is 16.0. The number of rotatable bonds is 8. The molecule has 0 saturated heterocycles. The molecule has 0 atom stereocenters. The van der Waals surface area contributed by atoms with Gasteiger partial charge in [-0.05, 0) is 60.7 Å². The number of carbonyl (C=O) groups is 1. The minimum atomic E-state index is -3.74. The molecule has 0 saturated carbocycles. The molecule has 0 spiro atoms. The van der Waals surface area contributed by atoms with Crippen LogP contribution >= 0.6 is 15.9 Å². The highest BCUT2D eigenvalue weighted by Gasteiger charge is 2.14. The van der Waals surface area contributed by atoms with E-state index in [0.717, 1.165) is 4.47 Å². The monoisotopic (exact) mass is 490 g/mol. The van der Waals surface area contributed by atoms with Crippen LogP contribution in [0.2, 0.25) is 0 Å². The van der Waals surface area contributed by atoms with Crippen molar-refractivity contribution in [3.05, 3.63) is 77.3 Å². The number of para-hydroxylation sites is 2. The number of carbonyl (C=O) groups excluding carboxylic acids is 1. The quantitative estimate of drug-likeness (QED) is 0.491. The minimum Gasteiger partial charge on any atom is -0.495 e. The molecule has 0 bridgehead atoms. The Labute approximate surface area is 183 Å². The first kappa shape index (κ1) is 21.7. The molecule has 156 valence electrons. The predicted octanol–water partition coefficient (Wildman–Crippen LogP) is 4.28. The first-order valence-corrected chi connectivity index (χ1v) is 11.1. The number of nitrogens with one attached hydrogen (secondary N) is 2. The summed E-state index contributed by atoms with van der Waals surface area (Å²) in [6.45, 7) is -0.235. The van der Waals surface area contributed by atoms with E-state index in [1.54, 1.807) is 48.5 Å². The van der Waals surface area contributed by atoms with Gasteiger partial charge in [-0.2, -0.15) is 0 Å². The third kappa shape index (κ3) is 5.74. The smallest absolute Gasteiger partial charge is 0.262 e. The lowest BCUT2D eigenvalue weighted by Crippen LogP contribution is -2.20. The van der Waals surface area contributed by atoms with E-state index in [1.165, 1.54) is 31.4 Å². The van der Waals surface area contributed by atoms with Gasteiger partial charge in [-0.1, -0.05) is 28.1 Å². The third-order valence-corrected chi connectivity index (χ3v) is 5.91. The number of methoxy groups -OCH3 is 1. The fraction of sp³-hybridized carbons (Fsp3) is 0.0952.